The van der Waals surface area contributed by atoms with E-state index in [2.05, 4.69) is 5.32 Å². The highest BCUT2D eigenvalue weighted by Gasteiger charge is 2.31. The molecule has 1 aliphatic rings. The molecule has 1 N–H and O–H groups in total. The van der Waals surface area contributed by atoms with Crippen LogP contribution in [0.15, 0.2) is 0 Å². The monoisotopic (exact) mass is 212 g/mol. The van der Waals surface area contributed by atoms with Crippen LogP contribution >= 0.6 is 0 Å². The maximum Gasteiger partial charge on any atom is 0.229 e. The molecule has 4 heteroatoms. The number of carbonyl (C=O) groups excluding carboxylic acids is 2. The molecular formula is C11H20N2O2. The Morgan fingerprint density at radius 1 is 1.40 bits per heavy atom. The Morgan fingerprint density at radius 2 is 1.93 bits per heavy atom. The van der Waals surface area contributed by atoms with Gasteiger partial charge in [-0.05, 0) is 19.4 Å². The van der Waals surface area contributed by atoms with Gasteiger partial charge in [-0.25, -0.2) is 0 Å². The summed E-state index contributed by atoms with van der Waals surface area (Å²) in [5.41, 5.74) is 0. The van der Waals surface area contributed by atoms with E-state index in [1.807, 2.05) is 20.9 Å². The molecule has 1 heterocycles. The number of likely N-dealkylation sites (N-methyl/N-ethyl adjacent to an activating group) is 1. The van der Waals surface area contributed by atoms with E-state index in [1.165, 1.54) is 4.90 Å². The molecular weight excluding hydrogens is 192 g/mol. The number of likely N-dealkylation sites (tertiary alicyclic amines) is 1. The standard InChI is InChI=1S/C11H20N2O2/c1-4-9(12-3)7-13-10(14)5-8(2)6-11(13)15/h8-9,12H,4-7H2,1-3H3. The highest BCUT2D eigenvalue weighted by molar-refractivity contribution is 5.97. The van der Waals surface area contributed by atoms with Crippen LogP contribution in [0, 0.1) is 5.92 Å². The number of rotatable bonds is 4. The number of hydrogen-bond acceptors (Lipinski definition) is 3. The summed E-state index contributed by atoms with van der Waals surface area (Å²) in [4.78, 5) is 24.7. The number of carbonyl (C=O) groups is 2. The van der Waals surface area contributed by atoms with E-state index in [0.29, 0.717) is 19.4 Å². The molecule has 0 aromatic rings. The van der Waals surface area contributed by atoms with Gasteiger partial charge in [-0.15, -0.1) is 0 Å². The van der Waals surface area contributed by atoms with Crippen LogP contribution in [0.1, 0.15) is 33.1 Å². The lowest BCUT2D eigenvalue weighted by molar-refractivity contribution is -0.150. The van der Waals surface area contributed by atoms with Crippen molar-refractivity contribution in [2.45, 2.75) is 39.2 Å². The number of hydrogen-bond donors (Lipinski definition) is 1. The number of nitrogens with one attached hydrogen (secondary N) is 1. The van der Waals surface area contributed by atoms with Gasteiger partial charge in [0.2, 0.25) is 11.8 Å². The maximum absolute atomic E-state index is 11.7. The first-order valence-corrected chi connectivity index (χ1v) is 5.58. The van der Waals surface area contributed by atoms with Crippen molar-refractivity contribution in [2.75, 3.05) is 13.6 Å². The van der Waals surface area contributed by atoms with Gasteiger partial charge in [-0.2, -0.15) is 0 Å². The first kappa shape index (κ1) is 12.2. The largest absolute Gasteiger partial charge is 0.315 e. The first-order chi connectivity index (χ1) is 7.08. The fraction of sp³-hybridized carbons (Fsp3) is 0.818. The molecule has 86 valence electrons. The Bertz CT molecular complexity index is 231. The van der Waals surface area contributed by atoms with Crippen LogP contribution < -0.4 is 5.32 Å². The van der Waals surface area contributed by atoms with Gasteiger partial charge >= 0.3 is 0 Å². The Morgan fingerprint density at radius 3 is 2.33 bits per heavy atom. The Hall–Kier alpha value is -0.900. The van der Waals surface area contributed by atoms with Gasteiger partial charge in [0.1, 0.15) is 0 Å². The van der Waals surface area contributed by atoms with E-state index < -0.39 is 0 Å². The summed E-state index contributed by atoms with van der Waals surface area (Å²) < 4.78 is 0. The summed E-state index contributed by atoms with van der Waals surface area (Å²) in [7, 11) is 1.86. The molecule has 1 rings (SSSR count). The molecule has 0 saturated carbocycles. The lowest BCUT2D eigenvalue weighted by atomic mass is 9.97. The van der Waals surface area contributed by atoms with E-state index in [1.54, 1.807) is 0 Å². The summed E-state index contributed by atoms with van der Waals surface area (Å²) in [6, 6.07) is 0.214. The Labute approximate surface area is 91.0 Å². The molecule has 1 aliphatic heterocycles. The molecule has 0 bridgehead atoms. The van der Waals surface area contributed by atoms with Gasteiger partial charge < -0.3 is 5.32 Å². The van der Waals surface area contributed by atoms with Crippen molar-refractivity contribution in [1.82, 2.24) is 10.2 Å². The zero-order chi connectivity index (χ0) is 11.4. The molecule has 1 saturated heterocycles. The highest BCUT2D eigenvalue weighted by atomic mass is 16.2. The van der Waals surface area contributed by atoms with Gasteiger partial charge in [0.05, 0.1) is 0 Å². The van der Waals surface area contributed by atoms with Crippen LogP contribution in [0.4, 0.5) is 0 Å². The highest BCUT2D eigenvalue weighted by Crippen LogP contribution is 2.19. The summed E-state index contributed by atoms with van der Waals surface area (Å²) in [5, 5.41) is 3.11. The smallest absolute Gasteiger partial charge is 0.229 e. The number of imide groups is 1. The minimum atomic E-state index is -0.0209. The van der Waals surface area contributed by atoms with Crippen molar-refractivity contribution in [1.29, 1.82) is 0 Å². The topological polar surface area (TPSA) is 49.4 Å². The molecule has 4 nitrogen and oxygen atoms in total. The predicted molar refractivity (Wildman–Crippen MR) is 58.3 cm³/mol. The van der Waals surface area contributed by atoms with E-state index in [4.69, 9.17) is 0 Å². The van der Waals surface area contributed by atoms with Crippen LogP contribution in [0.5, 0.6) is 0 Å². The molecule has 0 aromatic heterocycles. The predicted octanol–water partition coefficient (Wildman–Crippen LogP) is 0.770. The average molecular weight is 212 g/mol. The summed E-state index contributed by atoms with van der Waals surface area (Å²) in [6.07, 6.45) is 1.93. The van der Waals surface area contributed by atoms with Crippen LogP contribution in [0.3, 0.4) is 0 Å². The molecule has 0 aliphatic carbocycles. The molecule has 0 spiro atoms. The quantitative estimate of drug-likeness (QED) is 0.700. The van der Waals surface area contributed by atoms with E-state index in [9.17, 15) is 9.59 Å². The molecule has 1 unspecified atom stereocenters. The normalized spacial score (nSPS) is 20.9. The van der Waals surface area contributed by atoms with Crippen molar-refractivity contribution in [3.05, 3.63) is 0 Å². The number of amides is 2. The maximum atomic E-state index is 11.7. The first-order valence-electron chi connectivity index (χ1n) is 5.58. The van der Waals surface area contributed by atoms with Crippen molar-refractivity contribution in [3.63, 3.8) is 0 Å². The molecule has 2 amide bonds. The second-order valence-electron chi connectivity index (χ2n) is 4.31. The van der Waals surface area contributed by atoms with Crippen LogP contribution in [-0.2, 0) is 9.59 Å². The second-order valence-corrected chi connectivity index (χ2v) is 4.31. The van der Waals surface area contributed by atoms with Gasteiger partial charge in [-0.1, -0.05) is 13.8 Å². The zero-order valence-electron chi connectivity index (χ0n) is 9.75. The molecule has 1 atom stereocenters. The van der Waals surface area contributed by atoms with Crippen molar-refractivity contribution in [2.24, 2.45) is 5.92 Å². The third-order valence-corrected chi connectivity index (χ3v) is 2.95. The van der Waals surface area contributed by atoms with E-state index in [0.717, 1.165) is 6.42 Å². The van der Waals surface area contributed by atoms with Crippen LogP contribution in [0.2, 0.25) is 0 Å². The second kappa shape index (κ2) is 5.26. The van der Waals surface area contributed by atoms with Crippen LogP contribution in [-0.4, -0.2) is 36.3 Å². The fourth-order valence-corrected chi connectivity index (χ4v) is 1.88. The van der Waals surface area contributed by atoms with Crippen molar-refractivity contribution < 1.29 is 9.59 Å². The number of piperidine rings is 1. The Balaban J connectivity index is 2.60. The van der Waals surface area contributed by atoms with Gasteiger partial charge in [-0.3, -0.25) is 14.5 Å². The average Bonchev–Trinajstić information content (AvgIpc) is 2.17. The number of nitrogens with zero attached hydrogens (tertiary/aromatic N) is 1. The fourth-order valence-electron chi connectivity index (χ4n) is 1.88. The third-order valence-electron chi connectivity index (χ3n) is 2.95. The summed E-state index contributed by atoms with van der Waals surface area (Å²) in [6.45, 7) is 4.50. The van der Waals surface area contributed by atoms with Crippen molar-refractivity contribution >= 4 is 11.8 Å². The summed E-state index contributed by atoms with van der Waals surface area (Å²) >= 11 is 0. The molecule has 0 aromatic carbocycles. The lowest BCUT2D eigenvalue weighted by Crippen LogP contribution is -2.48. The summed E-state index contributed by atoms with van der Waals surface area (Å²) in [5.74, 6) is 0.163. The van der Waals surface area contributed by atoms with Gasteiger partial charge in [0.15, 0.2) is 0 Å². The third kappa shape index (κ3) is 3.02. The molecule has 0 radical (unpaired) electrons. The van der Waals surface area contributed by atoms with E-state index in [-0.39, 0.29) is 23.8 Å². The van der Waals surface area contributed by atoms with Crippen molar-refractivity contribution in [3.8, 4) is 0 Å². The SMILES string of the molecule is CCC(CN1C(=O)CC(C)CC1=O)NC. The Kier molecular flexibility index (Phi) is 4.27. The van der Waals surface area contributed by atoms with Gasteiger partial charge in [0, 0.05) is 25.4 Å². The molecule has 15 heavy (non-hydrogen) atoms. The molecule has 1 fully saturated rings. The van der Waals surface area contributed by atoms with Gasteiger partial charge in [0.25, 0.3) is 0 Å². The van der Waals surface area contributed by atoms with Crippen LogP contribution in [0.25, 0.3) is 0 Å². The minimum absolute atomic E-state index is 0.0209. The lowest BCUT2D eigenvalue weighted by Gasteiger charge is -2.30. The zero-order valence-corrected chi connectivity index (χ0v) is 9.75. The minimum Gasteiger partial charge on any atom is -0.315 e. The van der Waals surface area contributed by atoms with E-state index >= 15 is 0 Å².